The molecule has 0 aliphatic carbocycles. The fraction of sp³-hybridized carbons (Fsp3) is 0.438. The minimum atomic E-state index is -0.762. The maximum atomic E-state index is 11.8. The van der Waals surface area contributed by atoms with Gasteiger partial charge in [0.15, 0.2) is 6.61 Å². The largest absolute Gasteiger partial charge is 0.467 e. The van der Waals surface area contributed by atoms with Gasteiger partial charge in [-0.25, -0.2) is 9.59 Å². The van der Waals surface area contributed by atoms with Gasteiger partial charge in [-0.1, -0.05) is 25.4 Å². The Hall–Kier alpha value is -2.08. The fourth-order valence-electron chi connectivity index (χ4n) is 1.86. The topological polar surface area (TPSA) is 81.7 Å². The molecule has 0 aliphatic rings. The third kappa shape index (κ3) is 6.69. The second kappa shape index (κ2) is 9.15. The van der Waals surface area contributed by atoms with E-state index in [2.05, 4.69) is 10.1 Å². The van der Waals surface area contributed by atoms with Crippen molar-refractivity contribution in [2.24, 2.45) is 5.92 Å². The van der Waals surface area contributed by atoms with Crippen LogP contribution in [0.1, 0.15) is 30.6 Å². The smallest absolute Gasteiger partial charge is 0.338 e. The summed E-state index contributed by atoms with van der Waals surface area (Å²) < 4.78 is 9.55. The lowest BCUT2D eigenvalue weighted by molar-refractivity contribution is -0.145. The number of hydrogen-bond acceptors (Lipinski definition) is 5. The Morgan fingerprint density at radius 3 is 2.30 bits per heavy atom. The van der Waals surface area contributed by atoms with Gasteiger partial charge in [0.25, 0.3) is 5.91 Å². The molecule has 1 amide bonds. The van der Waals surface area contributed by atoms with E-state index in [4.69, 9.17) is 16.3 Å². The SMILES string of the molecule is COC(=O)[C@@H](CC(C)C)NC(=O)COC(=O)c1ccc(Cl)cc1. The standard InChI is InChI=1S/C16H20ClNO5/c1-10(2)8-13(16(21)22-3)18-14(19)9-23-15(20)11-4-6-12(17)7-5-11/h4-7,10,13H,8-9H2,1-3H3,(H,18,19)/t13-/m1/s1. The fourth-order valence-corrected chi connectivity index (χ4v) is 1.99. The molecule has 0 heterocycles. The van der Waals surface area contributed by atoms with E-state index in [0.717, 1.165) is 0 Å². The highest BCUT2D eigenvalue weighted by molar-refractivity contribution is 6.30. The predicted molar refractivity (Wildman–Crippen MR) is 85.1 cm³/mol. The Balaban J connectivity index is 2.52. The van der Waals surface area contributed by atoms with E-state index < -0.39 is 30.5 Å². The van der Waals surface area contributed by atoms with E-state index in [9.17, 15) is 14.4 Å². The van der Waals surface area contributed by atoms with Crippen molar-refractivity contribution >= 4 is 29.4 Å². The lowest BCUT2D eigenvalue weighted by Gasteiger charge is -2.18. The van der Waals surface area contributed by atoms with Crippen LogP contribution >= 0.6 is 11.6 Å². The van der Waals surface area contributed by atoms with E-state index in [1.165, 1.54) is 19.2 Å². The van der Waals surface area contributed by atoms with Crippen LogP contribution in [0.2, 0.25) is 5.02 Å². The summed E-state index contributed by atoms with van der Waals surface area (Å²) in [5, 5.41) is 3.00. The first-order valence-electron chi connectivity index (χ1n) is 7.13. The molecule has 0 spiro atoms. The molecule has 0 saturated carbocycles. The molecule has 23 heavy (non-hydrogen) atoms. The Morgan fingerprint density at radius 2 is 1.78 bits per heavy atom. The molecule has 1 atom stereocenters. The third-order valence-corrected chi connectivity index (χ3v) is 3.19. The number of esters is 2. The number of amides is 1. The number of rotatable bonds is 7. The molecule has 1 rings (SSSR count). The maximum absolute atomic E-state index is 11.8. The average molecular weight is 342 g/mol. The highest BCUT2D eigenvalue weighted by Gasteiger charge is 2.23. The molecule has 0 aliphatic heterocycles. The van der Waals surface area contributed by atoms with Gasteiger partial charge >= 0.3 is 11.9 Å². The summed E-state index contributed by atoms with van der Waals surface area (Å²) in [7, 11) is 1.25. The second-order valence-corrected chi connectivity index (χ2v) is 5.79. The minimum Gasteiger partial charge on any atom is -0.467 e. The maximum Gasteiger partial charge on any atom is 0.338 e. The summed E-state index contributed by atoms with van der Waals surface area (Å²) in [6.45, 7) is 3.36. The zero-order chi connectivity index (χ0) is 17.4. The highest BCUT2D eigenvalue weighted by Crippen LogP contribution is 2.10. The molecule has 1 aromatic carbocycles. The van der Waals surface area contributed by atoms with Gasteiger partial charge in [-0.3, -0.25) is 4.79 Å². The average Bonchev–Trinajstić information content (AvgIpc) is 2.51. The van der Waals surface area contributed by atoms with Crippen molar-refractivity contribution in [3.8, 4) is 0 Å². The summed E-state index contributed by atoms with van der Waals surface area (Å²) in [6.07, 6.45) is 0.434. The van der Waals surface area contributed by atoms with Gasteiger partial charge in [0.1, 0.15) is 6.04 Å². The van der Waals surface area contributed by atoms with E-state index in [0.29, 0.717) is 11.4 Å². The first-order chi connectivity index (χ1) is 10.8. The number of nitrogens with one attached hydrogen (secondary N) is 1. The minimum absolute atomic E-state index is 0.191. The van der Waals surface area contributed by atoms with Crippen LogP contribution in [0.15, 0.2) is 24.3 Å². The van der Waals surface area contributed by atoms with Crippen LogP contribution in [0.4, 0.5) is 0 Å². The summed E-state index contributed by atoms with van der Waals surface area (Å²) in [4.78, 5) is 35.2. The molecule has 1 aromatic rings. The first kappa shape index (κ1) is 19.0. The van der Waals surface area contributed by atoms with Crippen LogP contribution in [0.25, 0.3) is 0 Å². The van der Waals surface area contributed by atoms with Crippen LogP contribution in [-0.4, -0.2) is 37.6 Å². The summed E-state index contributed by atoms with van der Waals surface area (Å²) in [5.74, 6) is -1.55. The van der Waals surface area contributed by atoms with Gasteiger partial charge in [-0.2, -0.15) is 0 Å². The highest BCUT2D eigenvalue weighted by atomic mass is 35.5. The number of hydrogen-bond donors (Lipinski definition) is 1. The second-order valence-electron chi connectivity index (χ2n) is 5.36. The van der Waals surface area contributed by atoms with E-state index in [-0.39, 0.29) is 11.5 Å². The van der Waals surface area contributed by atoms with Crippen LogP contribution < -0.4 is 5.32 Å². The van der Waals surface area contributed by atoms with Crippen molar-refractivity contribution in [1.29, 1.82) is 0 Å². The van der Waals surface area contributed by atoms with Crippen LogP contribution in [0, 0.1) is 5.92 Å². The predicted octanol–water partition coefficient (Wildman–Crippen LogP) is 2.20. The van der Waals surface area contributed by atoms with Gasteiger partial charge in [0.2, 0.25) is 0 Å². The van der Waals surface area contributed by atoms with E-state index in [1.807, 2.05) is 13.8 Å². The van der Waals surface area contributed by atoms with Gasteiger partial charge in [0.05, 0.1) is 12.7 Å². The number of methoxy groups -OCH3 is 1. The summed E-state index contributed by atoms with van der Waals surface area (Å²) in [5.41, 5.74) is 0.286. The Bertz CT molecular complexity index is 556. The lowest BCUT2D eigenvalue weighted by atomic mass is 10.0. The van der Waals surface area contributed by atoms with Gasteiger partial charge in [-0.15, -0.1) is 0 Å². The third-order valence-electron chi connectivity index (χ3n) is 2.94. The molecule has 0 radical (unpaired) electrons. The van der Waals surface area contributed by atoms with Gasteiger partial charge < -0.3 is 14.8 Å². The van der Waals surface area contributed by atoms with E-state index in [1.54, 1.807) is 12.1 Å². The molecule has 0 unspecified atom stereocenters. The molecular weight excluding hydrogens is 322 g/mol. The first-order valence-corrected chi connectivity index (χ1v) is 7.51. The number of benzene rings is 1. The number of carbonyl (C=O) groups is 3. The molecule has 1 N–H and O–H groups in total. The van der Waals surface area contributed by atoms with Crippen molar-refractivity contribution < 1.29 is 23.9 Å². The molecule has 0 bridgehead atoms. The Labute approximate surface area is 140 Å². The number of halogens is 1. The Morgan fingerprint density at radius 1 is 1.17 bits per heavy atom. The molecule has 6 nitrogen and oxygen atoms in total. The van der Waals surface area contributed by atoms with Crippen LogP contribution in [0.5, 0.6) is 0 Å². The van der Waals surface area contributed by atoms with Gasteiger partial charge in [0, 0.05) is 5.02 Å². The van der Waals surface area contributed by atoms with Crippen molar-refractivity contribution in [1.82, 2.24) is 5.32 Å². The zero-order valence-electron chi connectivity index (χ0n) is 13.3. The van der Waals surface area contributed by atoms with Crippen molar-refractivity contribution in [3.63, 3.8) is 0 Å². The quantitative estimate of drug-likeness (QED) is 0.769. The molecule has 0 aromatic heterocycles. The molecule has 0 saturated heterocycles. The van der Waals surface area contributed by atoms with Crippen molar-refractivity contribution in [2.75, 3.05) is 13.7 Å². The number of carbonyl (C=O) groups excluding carboxylic acids is 3. The zero-order valence-corrected chi connectivity index (χ0v) is 14.1. The molecule has 7 heteroatoms. The lowest BCUT2D eigenvalue weighted by Crippen LogP contribution is -2.44. The summed E-state index contributed by atoms with van der Waals surface area (Å²) >= 11 is 5.73. The molecular formula is C16H20ClNO5. The molecule has 126 valence electrons. The van der Waals surface area contributed by atoms with Gasteiger partial charge in [-0.05, 0) is 36.6 Å². The Kier molecular flexibility index (Phi) is 7.54. The molecule has 0 fully saturated rings. The normalized spacial score (nSPS) is 11.7. The van der Waals surface area contributed by atoms with Crippen LogP contribution in [-0.2, 0) is 19.1 Å². The van der Waals surface area contributed by atoms with Crippen LogP contribution in [0.3, 0.4) is 0 Å². The van der Waals surface area contributed by atoms with Crippen molar-refractivity contribution in [3.05, 3.63) is 34.9 Å². The van der Waals surface area contributed by atoms with E-state index >= 15 is 0 Å². The monoisotopic (exact) mass is 341 g/mol. The number of ether oxygens (including phenoxy) is 2. The summed E-state index contributed by atoms with van der Waals surface area (Å²) in [6, 6.07) is 5.33. The van der Waals surface area contributed by atoms with Crippen molar-refractivity contribution in [2.45, 2.75) is 26.3 Å².